The van der Waals surface area contributed by atoms with Crippen molar-refractivity contribution in [2.75, 3.05) is 12.3 Å². The molecule has 5 nitrogen and oxygen atoms in total. The number of nitrogens with zero attached hydrogens (tertiary/aromatic N) is 3. The highest BCUT2D eigenvalue weighted by Crippen LogP contribution is 2.26. The fraction of sp³-hybridized carbons (Fsp3) is 0.158. The lowest BCUT2D eigenvalue weighted by Gasteiger charge is -2.24. The molecule has 0 saturated heterocycles. The van der Waals surface area contributed by atoms with Crippen LogP contribution in [0, 0.1) is 0 Å². The predicted molar refractivity (Wildman–Crippen MR) is 99.3 cm³/mol. The minimum absolute atomic E-state index is 0.0779. The number of sulfonamides is 1. The molecule has 0 amide bonds. The largest absolute Gasteiger partial charge is 0.332 e. The molecule has 2 aromatic rings. The van der Waals surface area contributed by atoms with Crippen LogP contribution in [0.3, 0.4) is 0 Å². The van der Waals surface area contributed by atoms with E-state index in [1.54, 1.807) is 6.20 Å². The van der Waals surface area contributed by atoms with Crippen molar-refractivity contribution in [3.8, 4) is 11.1 Å². The SMILES string of the molecule is O=S1(=O)CCCN2C=CC=C(c3ccc(-c4ccccc4)cn3)C2=N1. The van der Waals surface area contributed by atoms with E-state index in [4.69, 9.17) is 0 Å². The number of pyridine rings is 1. The van der Waals surface area contributed by atoms with Gasteiger partial charge in [-0.15, -0.1) is 4.40 Å². The molecule has 0 N–H and O–H groups in total. The normalized spacial score (nSPS) is 18.8. The molecule has 1 aromatic heterocycles. The van der Waals surface area contributed by atoms with Crippen molar-refractivity contribution in [1.29, 1.82) is 0 Å². The third kappa shape index (κ3) is 3.25. The van der Waals surface area contributed by atoms with E-state index in [0.29, 0.717) is 24.5 Å². The van der Waals surface area contributed by atoms with E-state index in [9.17, 15) is 8.42 Å². The smallest absolute Gasteiger partial charge is 0.255 e. The van der Waals surface area contributed by atoms with Crippen molar-refractivity contribution in [2.24, 2.45) is 4.40 Å². The molecule has 0 saturated carbocycles. The van der Waals surface area contributed by atoms with Crippen LogP contribution in [-0.2, 0) is 10.0 Å². The summed E-state index contributed by atoms with van der Waals surface area (Å²) in [5, 5.41) is 0. The van der Waals surface area contributed by atoms with E-state index < -0.39 is 10.0 Å². The summed E-state index contributed by atoms with van der Waals surface area (Å²) < 4.78 is 28.1. The van der Waals surface area contributed by atoms with Gasteiger partial charge in [0.2, 0.25) is 0 Å². The van der Waals surface area contributed by atoms with Crippen LogP contribution in [0.5, 0.6) is 0 Å². The van der Waals surface area contributed by atoms with Gasteiger partial charge in [-0.1, -0.05) is 36.4 Å². The Morgan fingerprint density at radius 1 is 1.00 bits per heavy atom. The summed E-state index contributed by atoms with van der Waals surface area (Å²) in [4.78, 5) is 6.43. The van der Waals surface area contributed by atoms with Gasteiger partial charge in [0.1, 0.15) is 0 Å². The van der Waals surface area contributed by atoms with Crippen LogP contribution < -0.4 is 0 Å². The molecule has 3 heterocycles. The summed E-state index contributed by atoms with van der Waals surface area (Å²) >= 11 is 0. The number of fused-ring (bicyclic) bond motifs is 1. The van der Waals surface area contributed by atoms with Crippen LogP contribution in [-0.4, -0.2) is 36.4 Å². The lowest BCUT2D eigenvalue weighted by Crippen LogP contribution is -2.29. The van der Waals surface area contributed by atoms with Gasteiger partial charge in [-0.2, -0.15) is 0 Å². The minimum atomic E-state index is -3.44. The number of benzene rings is 1. The van der Waals surface area contributed by atoms with Gasteiger partial charge in [-0.25, -0.2) is 8.42 Å². The van der Waals surface area contributed by atoms with Gasteiger partial charge in [0.05, 0.1) is 11.4 Å². The van der Waals surface area contributed by atoms with Crippen LogP contribution in [0.4, 0.5) is 0 Å². The molecule has 0 radical (unpaired) electrons. The molecule has 0 spiro atoms. The third-order valence-electron chi connectivity index (χ3n) is 4.22. The van der Waals surface area contributed by atoms with Crippen molar-refractivity contribution in [3.63, 3.8) is 0 Å². The number of hydrogen-bond donors (Lipinski definition) is 0. The molecule has 0 unspecified atom stereocenters. The zero-order valence-electron chi connectivity index (χ0n) is 13.5. The molecule has 0 fully saturated rings. The average Bonchev–Trinajstić information content (AvgIpc) is 2.79. The van der Waals surface area contributed by atoms with E-state index in [1.165, 1.54) is 0 Å². The molecule has 6 heteroatoms. The Labute approximate surface area is 147 Å². The highest BCUT2D eigenvalue weighted by atomic mass is 32.2. The summed E-state index contributed by atoms with van der Waals surface area (Å²) in [6.07, 6.45) is 7.99. The van der Waals surface area contributed by atoms with Crippen molar-refractivity contribution in [1.82, 2.24) is 9.88 Å². The maximum Gasteiger partial charge on any atom is 0.255 e. The molecule has 4 rings (SSSR count). The van der Waals surface area contributed by atoms with E-state index in [0.717, 1.165) is 16.7 Å². The second-order valence-electron chi connectivity index (χ2n) is 5.97. The van der Waals surface area contributed by atoms with Crippen LogP contribution in [0.25, 0.3) is 16.7 Å². The first kappa shape index (κ1) is 15.8. The summed E-state index contributed by atoms with van der Waals surface area (Å²) in [7, 11) is -3.44. The maximum atomic E-state index is 12.1. The second-order valence-corrected chi connectivity index (χ2v) is 7.72. The minimum Gasteiger partial charge on any atom is -0.332 e. The zero-order valence-corrected chi connectivity index (χ0v) is 14.4. The standard InChI is InChI=1S/C19H17N3O2S/c23-25(24)13-5-12-22-11-4-8-17(19(22)21-25)18-10-9-16(14-20-18)15-6-2-1-3-7-15/h1-4,6-11,14H,5,12-13H2. The van der Waals surface area contributed by atoms with Gasteiger partial charge in [-0.3, -0.25) is 4.98 Å². The third-order valence-corrected chi connectivity index (χ3v) is 5.47. The van der Waals surface area contributed by atoms with E-state index >= 15 is 0 Å². The predicted octanol–water partition coefficient (Wildman–Crippen LogP) is 3.09. The Morgan fingerprint density at radius 3 is 2.60 bits per heavy atom. The van der Waals surface area contributed by atoms with Gasteiger partial charge in [-0.05, 0) is 30.2 Å². The monoisotopic (exact) mass is 351 g/mol. The highest BCUT2D eigenvalue weighted by Gasteiger charge is 2.25. The quantitative estimate of drug-likeness (QED) is 0.834. The van der Waals surface area contributed by atoms with E-state index in [2.05, 4.69) is 9.38 Å². The Balaban J connectivity index is 1.72. The summed E-state index contributed by atoms with van der Waals surface area (Å²) in [6.45, 7) is 0.633. The molecule has 25 heavy (non-hydrogen) atoms. The first-order valence-electron chi connectivity index (χ1n) is 8.12. The molecular weight excluding hydrogens is 334 g/mol. The van der Waals surface area contributed by atoms with E-state index in [-0.39, 0.29) is 5.75 Å². The first-order valence-corrected chi connectivity index (χ1v) is 9.73. The zero-order chi connectivity index (χ0) is 17.3. The Kier molecular flexibility index (Phi) is 3.97. The number of hydrogen-bond acceptors (Lipinski definition) is 4. The van der Waals surface area contributed by atoms with Crippen molar-refractivity contribution >= 4 is 21.4 Å². The number of aromatic nitrogens is 1. The fourth-order valence-electron chi connectivity index (χ4n) is 2.97. The first-order chi connectivity index (χ1) is 12.1. The number of allylic oxidation sites excluding steroid dienone is 2. The summed E-state index contributed by atoms with van der Waals surface area (Å²) in [6, 6.07) is 13.9. The molecule has 0 atom stereocenters. The number of amidine groups is 1. The molecular formula is C19H17N3O2S. The Hall–Kier alpha value is -2.73. The van der Waals surface area contributed by atoms with Gasteiger partial charge in [0.25, 0.3) is 10.0 Å². The lowest BCUT2D eigenvalue weighted by atomic mass is 10.0. The molecule has 0 aliphatic carbocycles. The number of rotatable bonds is 2. The highest BCUT2D eigenvalue weighted by molar-refractivity contribution is 7.90. The van der Waals surface area contributed by atoms with Gasteiger partial charge < -0.3 is 4.90 Å². The van der Waals surface area contributed by atoms with Gasteiger partial charge in [0.15, 0.2) is 5.84 Å². The van der Waals surface area contributed by atoms with Crippen LogP contribution in [0.1, 0.15) is 12.1 Å². The molecule has 0 bridgehead atoms. The molecule has 126 valence electrons. The van der Waals surface area contributed by atoms with Crippen molar-refractivity contribution < 1.29 is 8.42 Å². The summed E-state index contributed by atoms with van der Waals surface area (Å²) in [5.41, 5.74) is 3.55. The Morgan fingerprint density at radius 2 is 1.84 bits per heavy atom. The lowest BCUT2D eigenvalue weighted by molar-refractivity contribution is 0.554. The summed E-state index contributed by atoms with van der Waals surface area (Å²) in [5.74, 6) is 0.536. The fourth-order valence-corrected chi connectivity index (χ4v) is 4.03. The van der Waals surface area contributed by atoms with Crippen LogP contribution in [0.15, 0.2) is 71.4 Å². The molecule has 2 aliphatic heterocycles. The topological polar surface area (TPSA) is 62.6 Å². The average molecular weight is 351 g/mol. The van der Waals surface area contributed by atoms with Gasteiger partial charge >= 0.3 is 0 Å². The van der Waals surface area contributed by atoms with Gasteiger partial charge in [0, 0.05) is 30.1 Å². The van der Waals surface area contributed by atoms with Crippen molar-refractivity contribution in [2.45, 2.75) is 6.42 Å². The maximum absolute atomic E-state index is 12.1. The van der Waals surface area contributed by atoms with Crippen molar-refractivity contribution in [3.05, 3.63) is 72.7 Å². The molecule has 2 aliphatic rings. The Bertz CT molecular complexity index is 975. The second kappa shape index (κ2) is 6.29. The van der Waals surface area contributed by atoms with Crippen LogP contribution >= 0.6 is 0 Å². The molecule has 1 aromatic carbocycles. The van der Waals surface area contributed by atoms with E-state index in [1.807, 2.05) is 65.7 Å². The van der Waals surface area contributed by atoms with Crippen LogP contribution in [0.2, 0.25) is 0 Å².